The molecule has 1 aromatic heterocycles. The van der Waals surface area contributed by atoms with Gasteiger partial charge in [-0.15, -0.1) is 0 Å². The van der Waals surface area contributed by atoms with Gasteiger partial charge in [-0.05, 0) is 19.3 Å². The van der Waals surface area contributed by atoms with Gasteiger partial charge in [0.05, 0.1) is 23.5 Å². The average Bonchev–Trinajstić information content (AvgIpc) is 2.74. The summed E-state index contributed by atoms with van der Waals surface area (Å²) in [5.41, 5.74) is 7.06. The second-order valence-corrected chi connectivity index (χ2v) is 5.64. The lowest BCUT2D eigenvalue weighted by atomic mass is 9.82. The molecule has 1 aliphatic rings. The highest BCUT2D eigenvalue weighted by Crippen LogP contribution is 2.28. The molecule has 0 bridgehead atoms. The molecule has 112 valence electrons. The van der Waals surface area contributed by atoms with Gasteiger partial charge in [0, 0.05) is 7.05 Å². The van der Waals surface area contributed by atoms with Crippen LogP contribution in [-0.2, 0) is 13.5 Å². The van der Waals surface area contributed by atoms with Crippen molar-refractivity contribution in [3.05, 3.63) is 11.4 Å². The molecular formula is C14H24N4O2. The summed E-state index contributed by atoms with van der Waals surface area (Å²) in [6.07, 6.45) is 5.54. The summed E-state index contributed by atoms with van der Waals surface area (Å²) in [4.78, 5) is 12.5. The molecule has 1 aromatic rings. The summed E-state index contributed by atoms with van der Waals surface area (Å²) in [5, 5.41) is 16.9. The zero-order valence-corrected chi connectivity index (χ0v) is 12.3. The van der Waals surface area contributed by atoms with Gasteiger partial charge in [0.25, 0.3) is 5.91 Å². The lowest BCUT2D eigenvalue weighted by Gasteiger charge is -2.36. The standard InChI is InChI=1S/C14H24N4O2/c1-3-10-11(15)12(18(2)17-10)13(20)16-14(9-19)7-5-4-6-8-14/h19H,3-9,15H2,1-2H3,(H,16,20). The molecule has 4 N–H and O–H groups in total. The van der Waals surface area contributed by atoms with Crippen LogP contribution in [-0.4, -0.2) is 32.9 Å². The number of nitrogen functional groups attached to an aromatic ring is 1. The summed E-state index contributed by atoms with van der Waals surface area (Å²) in [6.45, 7) is 1.92. The molecule has 0 spiro atoms. The minimum Gasteiger partial charge on any atom is -0.395 e. The fourth-order valence-corrected chi connectivity index (χ4v) is 2.98. The number of nitrogens with two attached hydrogens (primary N) is 1. The summed E-state index contributed by atoms with van der Waals surface area (Å²) in [7, 11) is 1.72. The highest BCUT2D eigenvalue weighted by molar-refractivity contribution is 5.98. The van der Waals surface area contributed by atoms with E-state index in [9.17, 15) is 9.90 Å². The van der Waals surface area contributed by atoms with Crippen molar-refractivity contribution in [3.63, 3.8) is 0 Å². The van der Waals surface area contributed by atoms with E-state index in [1.54, 1.807) is 7.05 Å². The smallest absolute Gasteiger partial charge is 0.272 e. The molecule has 0 saturated heterocycles. The monoisotopic (exact) mass is 280 g/mol. The lowest BCUT2D eigenvalue weighted by Crippen LogP contribution is -2.52. The van der Waals surface area contributed by atoms with Gasteiger partial charge in [0.15, 0.2) is 0 Å². The predicted molar refractivity (Wildman–Crippen MR) is 77.4 cm³/mol. The number of aromatic nitrogens is 2. The van der Waals surface area contributed by atoms with E-state index in [0.717, 1.165) is 37.8 Å². The number of hydrogen-bond donors (Lipinski definition) is 3. The van der Waals surface area contributed by atoms with Crippen LogP contribution in [0.4, 0.5) is 5.69 Å². The number of aliphatic hydroxyl groups excluding tert-OH is 1. The molecule has 1 aliphatic carbocycles. The third-order valence-corrected chi connectivity index (χ3v) is 4.20. The van der Waals surface area contributed by atoms with Crippen LogP contribution < -0.4 is 11.1 Å². The summed E-state index contributed by atoms with van der Waals surface area (Å²) >= 11 is 0. The minimum absolute atomic E-state index is 0.0306. The van der Waals surface area contributed by atoms with Crippen LogP contribution >= 0.6 is 0 Å². The third kappa shape index (κ3) is 2.65. The zero-order chi connectivity index (χ0) is 14.8. The Morgan fingerprint density at radius 1 is 1.45 bits per heavy atom. The van der Waals surface area contributed by atoms with Crippen molar-refractivity contribution < 1.29 is 9.90 Å². The molecule has 0 unspecified atom stereocenters. The second-order valence-electron chi connectivity index (χ2n) is 5.64. The fraction of sp³-hybridized carbons (Fsp3) is 0.714. The Kier molecular flexibility index (Phi) is 4.32. The van der Waals surface area contributed by atoms with Crippen molar-refractivity contribution in [2.24, 2.45) is 7.05 Å². The maximum atomic E-state index is 12.5. The maximum Gasteiger partial charge on any atom is 0.272 e. The van der Waals surface area contributed by atoms with Gasteiger partial charge in [0.2, 0.25) is 0 Å². The van der Waals surface area contributed by atoms with Gasteiger partial charge in [-0.25, -0.2) is 0 Å². The van der Waals surface area contributed by atoms with Gasteiger partial charge < -0.3 is 16.2 Å². The van der Waals surface area contributed by atoms with Crippen LogP contribution in [0.15, 0.2) is 0 Å². The van der Waals surface area contributed by atoms with Crippen LogP contribution in [0.1, 0.15) is 55.2 Å². The van der Waals surface area contributed by atoms with E-state index < -0.39 is 5.54 Å². The number of hydrogen-bond acceptors (Lipinski definition) is 4. The van der Waals surface area contributed by atoms with E-state index in [4.69, 9.17) is 5.73 Å². The highest BCUT2D eigenvalue weighted by Gasteiger charge is 2.34. The molecular weight excluding hydrogens is 256 g/mol. The Balaban J connectivity index is 2.21. The van der Waals surface area contributed by atoms with Crippen molar-refractivity contribution in [1.29, 1.82) is 0 Å². The van der Waals surface area contributed by atoms with Crippen molar-refractivity contribution in [1.82, 2.24) is 15.1 Å². The topological polar surface area (TPSA) is 93.2 Å². The molecule has 6 heteroatoms. The summed E-state index contributed by atoms with van der Waals surface area (Å²) in [5.74, 6) is -0.242. The lowest BCUT2D eigenvalue weighted by molar-refractivity contribution is 0.0750. The number of nitrogens with one attached hydrogen (secondary N) is 1. The number of carbonyl (C=O) groups excluding carboxylic acids is 1. The van der Waals surface area contributed by atoms with Crippen molar-refractivity contribution in [2.45, 2.75) is 51.0 Å². The second kappa shape index (κ2) is 5.83. The van der Waals surface area contributed by atoms with Crippen molar-refractivity contribution in [2.75, 3.05) is 12.3 Å². The van der Waals surface area contributed by atoms with E-state index in [0.29, 0.717) is 17.8 Å². The first-order valence-corrected chi connectivity index (χ1v) is 7.27. The Morgan fingerprint density at radius 3 is 2.60 bits per heavy atom. The first-order valence-electron chi connectivity index (χ1n) is 7.27. The molecule has 0 aromatic carbocycles. The van der Waals surface area contributed by atoms with Gasteiger partial charge in [-0.2, -0.15) is 5.10 Å². The molecule has 1 fully saturated rings. The van der Waals surface area contributed by atoms with Gasteiger partial charge in [0.1, 0.15) is 5.69 Å². The van der Waals surface area contributed by atoms with Crippen LogP contribution in [0, 0.1) is 0 Å². The molecule has 0 atom stereocenters. The zero-order valence-electron chi connectivity index (χ0n) is 12.3. The normalized spacial score (nSPS) is 17.9. The Bertz CT molecular complexity index is 490. The van der Waals surface area contributed by atoms with E-state index >= 15 is 0 Å². The third-order valence-electron chi connectivity index (χ3n) is 4.20. The van der Waals surface area contributed by atoms with Crippen LogP contribution in [0.2, 0.25) is 0 Å². The quantitative estimate of drug-likeness (QED) is 0.766. The van der Waals surface area contributed by atoms with Crippen LogP contribution in [0.3, 0.4) is 0 Å². The molecule has 0 aliphatic heterocycles. The number of rotatable bonds is 4. The summed E-state index contributed by atoms with van der Waals surface area (Å²) < 4.78 is 1.53. The van der Waals surface area contributed by atoms with E-state index in [1.165, 1.54) is 4.68 Å². The number of carbonyl (C=O) groups is 1. The van der Waals surface area contributed by atoms with Crippen LogP contribution in [0.25, 0.3) is 0 Å². The Morgan fingerprint density at radius 2 is 2.10 bits per heavy atom. The Labute approximate surface area is 119 Å². The van der Waals surface area contributed by atoms with Crippen molar-refractivity contribution >= 4 is 11.6 Å². The summed E-state index contributed by atoms with van der Waals surface area (Å²) in [6, 6.07) is 0. The maximum absolute atomic E-state index is 12.5. The molecule has 0 radical (unpaired) electrons. The van der Waals surface area contributed by atoms with Crippen molar-refractivity contribution in [3.8, 4) is 0 Å². The largest absolute Gasteiger partial charge is 0.395 e. The molecule has 2 rings (SSSR count). The molecule has 20 heavy (non-hydrogen) atoms. The minimum atomic E-state index is -0.502. The number of aliphatic hydroxyl groups is 1. The molecule has 6 nitrogen and oxygen atoms in total. The number of aryl methyl sites for hydroxylation is 2. The SMILES string of the molecule is CCc1nn(C)c(C(=O)NC2(CO)CCCCC2)c1N. The molecule has 1 saturated carbocycles. The molecule has 1 amide bonds. The fourth-order valence-electron chi connectivity index (χ4n) is 2.98. The van der Waals surface area contributed by atoms with Gasteiger partial charge in [-0.1, -0.05) is 26.2 Å². The first kappa shape index (κ1) is 14.8. The number of anilines is 1. The first-order chi connectivity index (χ1) is 9.53. The van der Waals surface area contributed by atoms with E-state index in [-0.39, 0.29) is 12.5 Å². The predicted octanol–water partition coefficient (Wildman–Crippen LogP) is 0.990. The van der Waals surface area contributed by atoms with E-state index in [1.807, 2.05) is 6.92 Å². The highest BCUT2D eigenvalue weighted by atomic mass is 16.3. The molecule has 1 heterocycles. The van der Waals surface area contributed by atoms with E-state index in [2.05, 4.69) is 10.4 Å². The van der Waals surface area contributed by atoms with Crippen LogP contribution in [0.5, 0.6) is 0 Å². The van der Waals surface area contributed by atoms with Gasteiger partial charge in [-0.3, -0.25) is 9.48 Å². The number of amides is 1. The number of nitrogens with zero attached hydrogens (tertiary/aromatic N) is 2. The average molecular weight is 280 g/mol. The Hall–Kier alpha value is -1.56. The van der Waals surface area contributed by atoms with Gasteiger partial charge >= 0.3 is 0 Å².